The summed E-state index contributed by atoms with van der Waals surface area (Å²) >= 11 is 0. The van der Waals surface area contributed by atoms with Crippen molar-refractivity contribution in [1.29, 1.82) is 5.26 Å². The highest BCUT2D eigenvalue weighted by Crippen LogP contribution is 2.03. The Bertz CT molecular complexity index is 309. The van der Waals surface area contributed by atoms with E-state index in [0.717, 1.165) is 0 Å². The molecule has 0 bridgehead atoms. The highest BCUT2D eigenvalue weighted by molar-refractivity contribution is 7.90. The Kier molecular flexibility index (Phi) is 6.43. The van der Waals surface area contributed by atoms with Crippen molar-refractivity contribution in [2.45, 2.75) is 24.6 Å². The summed E-state index contributed by atoms with van der Waals surface area (Å²) in [6.45, 7) is 1.31. The van der Waals surface area contributed by atoms with Crippen LogP contribution in [0.2, 0.25) is 0 Å². The van der Waals surface area contributed by atoms with Gasteiger partial charge >= 0.3 is 0 Å². The molecule has 6 nitrogen and oxygen atoms in total. The van der Waals surface area contributed by atoms with Gasteiger partial charge in [-0.1, -0.05) is 6.92 Å². The van der Waals surface area contributed by atoms with Crippen LogP contribution in [0.1, 0.15) is 13.3 Å². The molecule has 0 rings (SSSR count). The van der Waals surface area contributed by atoms with Crippen molar-refractivity contribution in [2.24, 2.45) is 0 Å². The van der Waals surface area contributed by atoms with Crippen LogP contribution in [0.5, 0.6) is 0 Å². The first-order valence-electron chi connectivity index (χ1n) is 4.52. The fraction of sp³-hybridized carbons (Fsp3) is 0.875. The molecule has 2 atom stereocenters. The van der Waals surface area contributed by atoms with Crippen molar-refractivity contribution in [1.82, 2.24) is 4.72 Å². The van der Waals surface area contributed by atoms with Crippen LogP contribution in [0.3, 0.4) is 0 Å². The third-order valence-electron chi connectivity index (χ3n) is 1.81. The van der Waals surface area contributed by atoms with Gasteiger partial charge in [-0.3, -0.25) is 0 Å². The Hall–Kier alpha value is -0.680. The number of hydrogen-bond acceptors (Lipinski definition) is 5. The molecule has 0 aliphatic heterocycles. The summed E-state index contributed by atoms with van der Waals surface area (Å²) in [7, 11) is -2.31. The quantitative estimate of drug-likeness (QED) is 0.604. The summed E-state index contributed by atoms with van der Waals surface area (Å²) in [6, 6.07) is 0.985. The van der Waals surface area contributed by atoms with Crippen LogP contribution in [-0.2, 0) is 14.8 Å². The van der Waals surface area contributed by atoms with E-state index in [0.29, 0.717) is 0 Å². The van der Waals surface area contributed by atoms with Gasteiger partial charge in [-0.15, -0.1) is 0 Å². The van der Waals surface area contributed by atoms with Gasteiger partial charge < -0.3 is 9.84 Å². The predicted octanol–water partition coefficient (Wildman–Crippen LogP) is -0.785. The molecular formula is C8H16N2O4S. The predicted molar refractivity (Wildman–Crippen MR) is 54.5 cm³/mol. The number of ether oxygens (including phenoxy) is 1. The summed E-state index contributed by atoms with van der Waals surface area (Å²) in [5, 5.41) is 16.4. The largest absolute Gasteiger partial charge is 0.395 e. The number of aliphatic hydroxyl groups excluding tert-OH is 1. The molecule has 15 heavy (non-hydrogen) atoms. The van der Waals surface area contributed by atoms with Crippen molar-refractivity contribution in [3.05, 3.63) is 0 Å². The number of aliphatic hydroxyl groups is 1. The van der Waals surface area contributed by atoms with E-state index in [4.69, 9.17) is 15.1 Å². The first-order valence-corrected chi connectivity index (χ1v) is 6.07. The highest BCUT2D eigenvalue weighted by atomic mass is 32.2. The van der Waals surface area contributed by atoms with Gasteiger partial charge in [0.25, 0.3) is 0 Å². The Labute approximate surface area is 89.9 Å². The standard InChI is InChI=1S/C8H16N2O4S/c1-3-8(4-9)15(12,13)10-7(5-11)6-14-2/h7-8,10-11H,3,5-6H2,1-2H3. The summed E-state index contributed by atoms with van der Waals surface area (Å²) in [4.78, 5) is 0. The van der Waals surface area contributed by atoms with Crippen molar-refractivity contribution in [2.75, 3.05) is 20.3 Å². The van der Waals surface area contributed by atoms with E-state index in [9.17, 15) is 8.42 Å². The maximum Gasteiger partial charge on any atom is 0.228 e. The van der Waals surface area contributed by atoms with Gasteiger partial charge in [-0.2, -0.15) is 5.26 Å². The van der Waals surface area contributed by atoms with E-state index in [1.165, 1.54) is 7.11 Å². The van der Waals surface area contributed by atoms with Gasteiger partial charge in [0, 0.05) is 7.11 Å². The van der Waals surface area contributed by atoms with Crippen LogP contribution in [0, 0.1) is 11.3 Å². The zero-order valence-electron chi connectivity index (χ0n) is 8.80. The molecule has 7 heteroatoms. The van der Waals surface area contributed by atoms with Crippen molar-refractivity contribution >= 4 is 10.0 Å². The van der Waals surface area contributed by atoms with Crippen LogP contribution < -0.4 is 4.72 Å². The molecular weight excluding hydrogens is 220 g/mol. The molecule has 0 aliphatic carbocycles. The second-order valence-corrected chi connectivity index (χ2v) is 4.92. The average Bonchev–Trinajstić information content (AvgIpc) is 2.18. The minimum Gasteiger partial charge on any atom is -0.395 e. The van der Waals surface area contributed by atoms with Gasteiger partial charge in [0.1, 0.15) is 0 Å². The summed E-state index contributed by atoms with van der Waals surface area (Å²) in [6.07, 6.45) is 0.205. The molecule has 0 aromatic rings. The summed E-state index contributed by atoms with van der Waals surface area (Å²) in [5.41, 5.74) is 0. The molecule has 2 unspecified atom stereocenters. The van der Waals surface area contributed by atoms with Crippen LogP contribution in [0.25, 0.3) is 0 Å². The smallest absolute Gasteiger partial charge is 0.228 e. The minimum absolute atomic E-state index is 0.0671. The van der Waals surface area contributed by atoms with Gasteiger partial charge in [0.15, 0.2) is 5.25 Å². The SMILES string of the molecule is CCC(C#N)S(=O)(=O)NC(CO)COC. The molecule has 0 amide bonds. The third kappa shape index (κ3) is 4.57. The van der Waals surface area contributed by atoms with Crippen molar-refractivity contribution in [3.8, 4) is 6.07 Å². The Morgan fingerprint density at radius 1 is 1.60 bits per heavy atom. The zero-order chi connectivity index (χ0) is 11.9. The molecule has 88 valence electrons. The second kappa shape index (κ2) is 6.74. The highest BCUT2D eigenvalue weighted by Gasteiger charge is 2.26. The maximum atomic E-state index is 11.5. The van der Waals surface area contributed by atoms with E-state index >= 15 is 0 Å². The topological polar surface area (TPSA) is 99.4 Å². The number of nitrogens with zero attached hydrogens (tertiary/aromatic N) is 1. The van der Waals surface area contributed by atoms with E-state index in [2.05, 4.69) is 4.72 Å². The molecule has 0 fully saturated rings. The number of rotatable bonds is 7. The van der Waals surface area contributed by atoms with E-state index in [-0.39, 0.29) is 19.6 Å². The first kappa shape index (κ1) is 14.3. The third-order valence-corrected chi connectivity index (χ3v) is 3.66. The lowest BCUT2D eigenvalue weighted by Gasteiger charge is -2.17. The monoisotopic (exact) mass is 236 g/mol. The number of sulfonamides is 1. The summed E-state index contributed by atoms with van der Waals surface area (Å²) < 4.78 is 30.0. The minimum atomic E-state index is -3.71. The Morgan fingerprint density at radius 2 is 2.20 bits per heavy atom. The number of hydrogen-bond donors (Lipinski definition) is 2. The molecule has 0 aliphatic rings. The molecule has 0 aromatic heterocycles. The number of methoxy groups -OCH3 is 1. The van der Waals surface area contributed by atoms with E-state index < -0.39 is 21.3 Å². The van der Waals surface area contributed by atoms with Crippen LogP contribution >= 0.6 is 0 Å². The molecule has 0 heterocycles. The Balaban J connectivity index is 4.55. The van der Waals surface area contributed by atoms with Crippen molar-refractivity contribution in [3.63, 3.8) is 0 Å². The fourth-order valence-corrected chi connectivity index (χ4v) is 2.37. The van der Waals surface area contributed by atoms with Crippen LogP contribution in [0.4, 0.5) is 0 Å². The molecule has 0 radical (unpaired) electrons. The first-order chi connectivity index (χ1) is 7.01. The molecule has 0 saturated carbocycles. The lowest BCUT2D eigenvalue weighted by atomic mass is 10.4. The normalized spacial score (nSPS) is 15.6. The fourth-order valence-electron chi connectivity index (χ4n) is 1.02. The zero-order valence-corrected chi connectivity index (χ0v) is 9.62. The summed E-state index contributed by atoms with van der Waals surface area (Å²) in [5.74, 6) is 0. The van der Waals surface area contributed by atoms with Crippen LogP contribution in [-0.4, -0.2) is 45.1 Å². The molecule has 0 aromatic carbocycles. The number of nitrogens with one attached hydrogen (secondary N) is 1. The van der Waals surface area contributed by atoms with E-state index in [1.807, 2.05) is 0 Å². The second-order valence-electron chi connectivity index (χ2n) is 3.02. The van der Waals surface area contributed by atoms with Gasteiger partial charge in [0.2, 0.25) is 10.0 Å². The van der Waals surface area contributed by atoms with Gasteiger partial charge in [0.05, 0.1) is 25.3 Å². The van der Waals surface area contributed by atoms with Gasteiger partial charge in [-0.05, 0) is 6.42 Å². The molecule has 0 spiro atoms. The molecule has 2 N–H and O–H groups in total. The lowest BCUT2D eigenvalue weighted by Crippen LogP contribution is -2.44. The van der Waals surface area contributed by atoms with Gasteiger partial charge in [-0.25, -0.2) is 13.1 Å². The maximum absolute atomic E-state index is 11.5. The van der Waals surface area contributed by atoms with E-state index in [1.54, 1.807) is 13.0 Å². The van der Waals surface area contributed by atoms with Crippen LogP contribution in [0.15, 0.2) is 0 Å². The Morgan fingerprint density at radius 3 is 2.53 bits per heavy atom. The number of nitriles is 1. The van der Waals surface area contributed by atoms with Crippen molar-refractivity contribution < 1.29 is 18.3 Å². The molecule has 0 saturated heterocycles. The lowest BCUT2D eigenvalue weighted by molar-refractivity contribution is 0.139. The average molecular weight is 236 g/mol.